The van der Waals surface area contributed by atoms with Crippen molar-refractivity contribution < 1.29 is 4.42 Å². The van der Waals surface area contributed by atoms with Crippen LogP contribution in [0.3, 0.4) is 0 Å². The van der Waals surface area contributed by atoms with Crippen molar-refractivity contribution in [2.45, 2.75) is 0 Å². The van der Waals surface area contributed by atoms with Gasteiger partial charge in [-0.2, -0.15) is 0 Å². The molecule has 128 valence electrons. The van der Waals surface area contributed by atoms with E-state index < -0.39 is 0 Å². The molecular weight excluding hydrogens is 373 g/mol. The van der Waals surface area contributed by atoms with Crippen molar-refractivity contribution in [1.82, 2.24) is 25.0 Å². The van der Waals surface area contributed by atoms with Crippen molar-refractivity contribution in [2.75, 3.05) is 0 Å². The Morgan fingerprint density at radius 3 is 2.50 bits per heavy atom. The lowest BCUT2D eigenvalue weighted by atomic mass is 10.2. The molecule has 2 heterocycles. The third kappa shape index (κ3) is 3.37. The zero-order valence-corrected chi connectivity index (χ0v) is 14.8. The number of aromatic nitrogens is 5. The minimum Gasteiger partial charge on any atom is -0.417 e. The maximum Gasteiger partial charge on any atom is 0.248 e. The Bertz CT molecular complexity index is 1070. The van der Waals surface area contributed by atoms with Gasteiger partial charge < -0.3 is 4.42 Å². The van der Waals surface area contributed by atoms with Crippen LogP contribution in [0.2, 0.25) is 10.0 Å². The SMILES string of the molecule is Clc1ccc(-c2nnc(/C=C/c3nncn3-c3ccccc3Cl)o2)cc1. The molecule has 26 heavy (non-hydrogen) atoms. The molecule has 4 aromatic rings. The van der Waals surface area contributed by atoms with Gasteiger partial charge in [0, 0.05) is 16.7 Å². The number of rotatable bonds is 4. The zero-order chi connectivity index (χ0) is 17.9. The molecule has 0 saturated carbocycles. The Morgan fingerprint density at radius 2 is 1.69 bits per heavy atom. The summed E-state index contributed by atoms with van der Waals surface area (Å²) in [5.74, 6) is 1.35. The second kappa shape index (κ2) is 7.11. The van der Waals surface area contributed by atoms with Crippen LogP contribution in [-0.2, 0) is 0 Å². The molecule has 0 fully saturated rings. The number of hydrogen-bond donors (Lipinski definition) is 0. The summed E-state index contributed by atoms with van der Waals surface area (Å²) in [6.45, 7) is 0. The van der Waals surface area contributed by atoms with E-state index in [1.54, 1.807) is 41.2 Å². The van der Waals surface area contributed by atoms with Crippen LogP contribution in [0.25, 0.3) is 29.3 Å². The standard InChI is InChI=1S/C18H11Cl2N5O/c19-13-7-5-12(6-8-13)18-24-23-17(26-18)10-9-16-22-21-11-25(16)15-4-2-1-3-14(15)20/h1-11H/b10-9+. The molecular formula is C18H11Cl2N5O. The first-order chi connectivity index (χ1) is 12.7. The first-order valence-corrected chi connectivity index (χ1v) is 8.39. The van der Waals surface area contributed by atoms with Gasteiger partial charge in [0.05, 0.1) is 10.7 Å². The second-order valence-corrected chi connectivity index (χ2v) is 6.14. The molecule has 4 rings (SSSR count). The van der Waals surface area contributed by atoms with Gasteiger partial charge in [0.2, 0.25) is 11.8 Å². The lowest BCUT2D eigenvalue weighted by Gasteiger charge is -2.05. The lowest BCUT2D eigenvalue weighted by molar-refractivity contribution is 0.558. The van der Waals surface area contributed by atoms with Crippen LogP contribution >= 0.6 is 23.2 Å². The van der Waals surface area contributed by atoms with E-state index >= 15 is 0 Å². The summed E-state index contributed by atoms with van der Waals surface area (Å²) in [7, 11) is 0. The van der Waals surface area contributed by atoms with E-state index in [0.717, 1.165) is 11.3 Å². The predicted molar refractivity (Wildman–Crippen MR) is 100 cm³/mol. The Kier molecular flexibility index (Phi) is 4.51. The third-order valence-electron chi connectivity index (χ3n) is 3.59. The number of hydrogen-bond acceptors (Lipinski definition) is 5. The van der Waals surface area contributed by atoms with Crippen molar-refractivity contribution in [1.29, 1.82) is 0 Å². The Hall–Kier alpha value is -2.96. The summed E-state index contributed by atoms with van der Waals surface area (Å²) in [5.41, 5.74) is 1.58. The largest absolute Gasteiger partial charge is 0.417 e. The second-order valence-electron chi connectivity index (χ2n) is 5.30. The molecule has 0 atom stereocenters. The van der Waals surface area contributed by atoms with Crippen LogP contribution in [-0.4, -0.2) is 25.0 Å². The van der Waals surface area contributed by atoms with Gasteiger partial charge in [0.25, 0.3) is 0 Å². The molecule has 0 amide bonds. The highest BCUT2D eigenvalue weighted by Crippen LogP contribution is 2.22. The minimum atomic E-state index is 0.351. The predicted octanol–water partition coefficient (Wildman–Crippen LogP) is 4.79. The van der Waals surface area contributed by atoms with Crippen LogP contribution in [0.5, 0.6) is 0 Å². The fourth-order valence-corrected chi connectivity index (χ4v) is 2.70. The van der Waals surface area contributed by atoms with Crippen molar-refractivity contribution in [3.8, 4) is 17.1 Å². The number of halogens is 2. The lowest BCUT2D eigenvalue weighted by Crippen LogP contribution is -1.96. The summed E-state index contributed by atoms with van der Waals surface area (Å²) in [6, 6.07) is 14.6. The molecule has 0 N–H and O–H groups in total. The van der Waals surface area contributed by atoms with Crippen LogP contribution in [0.1, 0.15) is 11.7 Å². The maximum absolute atomic E-state index is 6.24. The Labute approximate surface area is 158 Å². The van der Waals surface area contributed by atoms with E-state index in [2.05, 4.69) is 20.4 Å². The molecule has 0 spiro atoms. The van der Waals surface area contributed by atoms with Crippen LogP contribution in [0.15, 0.2) is 59.3 Å². The first kappa shape index (κ1) is 16.5. The molecule has 0 radical (unpaired) electrons. The number of para-hydroxylation sites is 1. The molecule has 2 aromatic carbocycles. The molecule has 8 heteroatoms. The molecule has 2 aromatic heterocycles. The summed E-state index contributed by atoms with van der Waals surface area (Å²) < 4.78 is 7.41. The Morgan fingerprint density at radius 1 is 0.885 bits per heavy atom. The molecule has 0 aliphatic rings. The topological polar surface area (TPSA) is 69.6 Å². The van der Waals surface area contributed by atoms with Gasteiger partial charge in [0.15, 0.2) is 5.82 Å². The van der Waals surface area contributed by atoms with Crippen molar-refractivity contribution in [2.24, 2.45) is 0 Å². The van der Waals surface area contributed by atoms with Crippen LogP contribution in [0.4, 0.5) is 0 Å². The minimum absolute atomic E-state index is 0.351. The van der Waals surface area contributed by atoms with Gasteiger partial charge in [-0.1, -0.05) is 35.3 Å². The van der Waals surface area contributed by atoms with Gasteiger partial charge in [-0.15, -0.1) is 20.4 Å². The van der Waals surface area contributed by atoms with E-state index in [0.29, 0.717) is 27.7 Å². The van der Waals surface area contributed by atoms with Gasteiger partial charge in [0.1, 0.15) is 6.33 Å². The van der Waals surface area contributed by atoms with Gasteiger partial charge in [-0.25, -0.2) is 0 Å². The Balaban J connectivity index is 1.60. The summed E-state index contributed by atoms with van der Waals surface area (Å²) in [6.07, 6.45) is 4.99. The van der Waals surface area contributed by atoms with E-state index in [4.69, 9.17) is 27.6 Å². The van der Waals surface area contributed by atoms with Gasteiger partial charge in [-0.3, -0.25) is 4.57 Å². The molecule has 0 unspecified atom stereocenters. The number of nitrogens with zero attached hydrogens (tertiary/aromatic N) is 5. The molecule has 0 saturated heterocycles. The quantitative estimate of drug-likeness (QED) is 0.506. The van der Waals surface area contributed by atoms with Gasteiger partial charge >= 0.3 is 0 Å². The maximum atomic E-state index is 6.24. The summed E-state index contributed by atoms with van der Waals surface area (Å²) in [4.78, 5) is 0. The number of benzene rings is 2. The highest BCUT2D eigenvalue weighted by molar-refractivity contribution is 6.32. The fraction of sp³-hybridized carbons (Fsp3) is 0. The van der Waals surface area contributed by atoms with Crippen LogP contribution < -0.4 is 0 Å². The monoisotopic (exact) mass is 383 g/mol. The van der Waals surface area contributed by atoms with E-state index in [9.17, 15) is 0 Å². The summed E-state index contributed by atoms with van der Waals surface area (Å²) in [5, 5.41) is 17.3. The van der Waals surface area contributed by atoms with Crippen molar-refractivity contribution in [3.05, 3.63) is 76.6 Å². The first-order valence-electron chi connectivity index (χ1n) is 7.63. The van der Waals surface area contributed by atoms with E-state index in [1.807, 2.05) is 30.3 Å². The smallest absolute Gasteiger partial charge is 0.248 e. The zero-order valence-electron chi connectivity index (χ0n) is 13.3. The average molecular weight is 384 g/mol. The fourth-order valence-electron chi connectivity index (χ4n) is 2.35. The molecule has 0 aliphatic carbocycles. The summed E-state index contributed by atoms with van der Waals surface area (Å²) >= 11 is 12.1. The highest BCUT2D eigenvalue weighted by atomic mass is 35.5. The molecule has 0 aliphatic heterocycles. The van der Waals surface area contributed by atoms with E-state index in [-0.39, 0.29) is 0 Å². The third-order valence-corrected chi connectivity index (χ3v) is 4.16. The molecule has 6 nitrogen and oxygen atoms in total. The van der Waals surface area contributed by atoms with Crippen molar-refractivity contribution in [3.63, 3.8) is 0 Å². The van der Waals surface area contributed by atoms with Crippen LogP contribution in [0, 0.1) is 0 Å². The van der Waals surface area contributed by atoms with Gasteiger partial charge in [-0.05, 0) is 42.5 Å². The molecule has 0 bridgehead atoms. The average Bonchev–Trinajstić information content (AvgIpc) is 3.30. The normalized spacial score (nSPS) is 11.3. The van der Waals surface area contributed by atoms with E-state index in [1.165, 1.54) is 0 Å². The van der Waals surface area contributed by atoms with Crippen molar-refractivity contribution >= 4 is 35.4 Å². The highest BCUT2D eigenvalue weighted by Gasteiger charge is 2.09.